The van der Waals surface area contributed by atoms with Crippen LogP contribution in [0.15, 0.2) is 174 Å². The lowest BCUT2D eigenvalue weighted by molar-refractivity contribution is 0.479. The van der Waals surface area contributed by atoms with E-state index in [2.05, 4.69) is 156 Å². The Hall–Kier alpha value is -6.98. The fourth-order valence-corrected chi connectivity index (χ4v) is 8.67. The van der Waals surface area contributed by atoms with Crippen molar-refractivity contribution in [3.05, 3.63) is 170 Å². The first-order chi connectivity index (χ1) is 26.3. The summed E-state index contributed by atoms with van der Waals surface area (Å²) >= 11 is 0. The van der Waals surface area contributed by atoms with Crippen molar-refractivity contribution in [3.63, 3.8) is 0 Å². The van der Waals surface area contributed by atoms with Crippen molar-refractivity contribution >= 4 is 61.6 Å². The highest BCUT2D eigenvalue weighted by molar-refractivity contribution is 6.84. The number of hydrogen-bond acceptors (Lipinski definition) is 3. The van der Waals surface area contributed by atoms with E-state index in [9.17, 15) is 0 Å². The van der Waals surface area contributed by atoms with Crippen LogP contribution in [0.2, 0.25) is 0 Å². The number of nitrogens with zero attached hydrogens (tertiary/aromatic N) is 1. The van der Waals surface area contributed by atoms with E-state index in [0.29, 0.717) is 0 Å². The maximum atomic E-state index is 6.96. The number of aromatic nitrogens is 1. The van der Waals surface area contributed by atoms with Crippen molar-refractivity contribution in [1.82, 2.24) is 4.57 Å². The SMILES string of the molecule is c1cc2c3c(c1)-c1ccc(-c4cccc5c4oc4ccccc45)cc1OB3c1ccc(-c3ccc(-n4c5ccccc5c5ccccc54)cc3)cc1O2. The van der Waals surface area contributed by atoms with Gasteiger partial charge in [0.05, 0.1) is 11.0 Å². The Kier molecular flexibility index (Phi) is 5.83. The summed E-state index contributed by atoms with van der Waals surface area (Å²) in [5, 5.41) is 4.75. The van der Waals surface area contributed by atoms with Gasteiger partial charge in [-0.2, -0.15) is 0 Å². The molecular formula is C48H28BNO3. The Morgan fingerprint density at radius 2 is 1.09 bits per heavy atom. The summed E-state index contributed by atoms with van der Waals surface area (Å²) < 4.78 is 22.4. The van der Waals surface area contributed by atoms with E-state index in [0.717, 1.165) is 89.2 Å². The predicted octanol–water partition coefficient (Wildman–Crippen LogP) is 11.3. The third-order valence-corrected chi connectivity index (χ3v) is 11.1. The van der Waals surface area contributed by atoms with E-state index in [1.165, 1.54) is 21.8 Å². The van der Waals surface area contributed by atoms with E-state index in [-0.39, 0.29) is 6.92 Å². The van der Waals surface area contributed by atoms with Crippen LogP contribution in [0.4, 0.5) is 0 Å². The van der Waals surface area contributed by atoms with Crippen molar-refractivity contribution in [2.24, 2.45) is 0 Å². The second-order valence-electron chi connectivity index (χ2n) is 14.0. The monoisotopic (exact) mass is 677 g/mol. The molecule has 246 valence electrons. The maximum Gasteiger partial charge on any atom is 0.434 e. The largest absolute Gasteiger partial charge is 0.551 e. The van der Waals surface area contributed by atoms with E-state index < -0.39 is 0 Å². The summed E-state index contributed by atoms with van der Waals surface area (Å²) in [6.07, 6.45) is 0. The van der Waals surface area contributed by atoms with E-state index in [1.54, 1.807) is 0 Å². The van der Waals surface area contributed by atoms with Gasteiger partial charge in [0.25, 0.3) is 0 Å². The number of fused-ring (bicyclic) bond motifs is 10. The number of furan rings is 1. The molecule has 4 nitrogen and oxygen atoms in total. The van der Waals surface area contributed by atoms with Crippen molar-refractivity contribution in [1.29, 1.82) is 0 Å². The van der Waals surface area contributed by atoms with E-state index >= 15 is 0 Å². The molecule has 0 amide bonds. The van der Waals surface area contributed by atoms with Crippen LogP contribution in [-0.2, 0) is 0 Å². The third-order valence-electron chi connectivity index (χ3n) is 11.1. The zero-order valence-corrected chi connectivity index (χ0v) is 28.4. The summed E-state index contributed by atoms with van der Waals surface area (Å²) in [4.78, 5) is 0. The minimum Gasteiger partial charge on any atom is -0.551 e. The van der Waals surface area contributed by atoms with Crippen molar-refractivity contribution in [2.75, 3.05) is 0 Å². The molecule has 0 radical (unpaired) electrons. The summed E-state index contributed by atoms with van der Waals surface area (Å²) in [6.45, 7) is -0.290. The Morgan fingerprint density at radius 3 is 1.92 bits per heavy atom. The lowest BCUT2D eigenvalue weighted by Crippen LogP contribution is -2.53. The number of benzene rings is 8. The molecule has 0 bridgehead atoms. The van der Waals surface area contributed by atoms with Gasteiger partial charge in [-0.3, -0.25) is 0 Å². The van der Waals surface area contributed by atoms with Crippen LogP contribution in [0.25, 0.3) is 82.8 Å². The fraction of sp³-hybridized carbons (Fsp3) is 0. The molecule has 12 rings (SSSR count). The van der Waals surface area contributed by atoms with Crippen LogP contribution < -0.4 is 20.3 Å². The molecule has 8 aromatic carbocycles. The predicted molar refractivity (Wildman–Crippen MR) is 217 cm³/mol. The molecule has 0 unspecified atom stereocenters. The number of rotatable bonds is 3. The van der Waals surface area contributed by atoms with Crippen LogP contribution in [0.5, 0.6) is 17.2 Å². The van der Waals surface area contributed by atoms with Crippen molar-refractivity contribution in [2.45, 2.75) is 0 Å². The molecule has 0 fully saturated rings. The Labute approximate surface area is 305 Å². The van der Waals surface area contributed by atoms with Gasteiger partial charge in [0.2, 0.25) is 0 Å². The molecular weight excluding hydrogens is 649 g/mol. The second kappa shape index (κ2) is 10.8. The summed E-state index contributed by atoms with van der Waals surface area (Å²) in [5.74, 6) is 2.50. The van der Waals surface area contributed by atoms with Gasteiger partial charge >= 0.3 is 6.92 Å². The molecule has 2 aromatic heterocycles. The number of hydrogen-bond donors (Lipinski definition) is 0. The van der Waals surface area contributed by atoms with Crippen LogP contribution in [0, 0.1) is 0 Å². The minimum atomic E-state index is -0.290. The van der Waals surface area contributed by atoms with Crippen molar-refractivity contribution in [3.8, 4) is 56.3 Å². The molecule has 4 heterocycles. The maximum absolute atomic E-state index is 6.96. The first kappa shape index (κ1) is 28.7. The summed E-state index contributed by atoms with van der Waals surface area (Å²) in [6, 6.07) is 59.9. The molecule has 0 saturated heterocycles. The van der Waals surface area contributed by atoms with Gasteiger partial charge in [-0.15, -0.1) is 0 Å². The third kappa shape index (κ3) is 4.13. The second-order valence-corrected chi connectivity index (χ2v) is 14.0. The molecule has 0 N–H and O–H groups in total. The highest BCUT2D eigenvalue weighted by Gasteiger charge is 2.40. The molecule has 10 aromatic rings. The molecule has 0 aliphatic carbocycles. The molecule has 2 aliphatic heterocycles. The Balaban J connectivity index is 0.919. The number of ether oxygens (including phenoxy) is 1. The molecule has 0 spiro atoms. The van der Waals surface area contributed by atoms with E-state index in [4.69, 9.17) is 13.8 Å². The van der Waals surface area contributed by atoms with Gasteiger partial charge in [0, 0.05) is 49.3 Å². The topological polar surface area (TPSA) is 36.5 Å². The normalized spacial score (nSPS) is 12.8. The highest BCUT2D eigenvalue weighted by Crippen LogP contribution is 2.43. The van der Waals surface area contributed by atoms with Crippen LogP contribution >= 0.6 is 0 Å². The summed E-state index contributed by atoms with van der Waals surface area (Å²) in [7, 11) is 0. The Morgan fingerprint density at radius 1 is 0.434 bits per heavy atom. The smallest absolute Gasteiger partial charge is 0.434 e. The minimum absolute atomic E-state index is 0.290. The van der Waals surface area contributed by atoms with Gasteiger partial charge in [-0.05, 0) is 70.8 Å². The van der Waals surface area contributed by atoms with Crippen molar-refractivity contribution < 1.29 is 13.8 Å². The molecule has 5 heteroatoms. The first-order valence-corrected chi connectivity index (χ1v) is 18.0. The standard InChI is InChI=1S/C48H28BNO3/c1-4-15-41-34(9-1)35-10-2-5-16-42(35)50(41)32-23-19-29(20-24-32)30-22-26-40-46(27-30)51-44-18-8-13-38-37-25-21-31(28-45(37)53-49(40)47(38)44)33-12-7-14-39-36-11-3-6-17-43(36)52-48(33)39/h1-28H. The van der Waals surface area contributed by atoms with Gasteiger partial charge in [-0.1, -0.05) is 121 Å². The van der Waals surface area contributed by atoms with Crippen LogP contribution in [-0.4, -0.2) is 11.5 Å². The summed E-state index contributed by atoms with van der Waals surface area (Å²) in [5.41, 5.74) is 13.9. The molecule has 0 saturated carbocycles. The Bertz CT molecular complexity index is 3080. The van der Waals surface area contributed by atoms with Crippen LogP contribution in [0.1, 0.15) is 0 Å². The lowest BCUT2D eigenvalue weighted by atomic mass is 9.51. The average molecular weight is 678 g/mol. The van der Waals surface area contributed by atoms with Gasteiger partial charge in [0.15, 0.2) is 0 Å². The molecule has 2 aliphatic rings. The quantitative estimate of drug-likeness (QED) is 0.175. The molecule has 53 heavy (non-hydrogen) atoms. The zero-order valence-electron chi connectivity index (χ0n) is 28.4. The van der Waals surface area contributed by atoms with E-state index in [1.807, 2.05) is 18.2 Å². The lowest BCUT2D eigenvalue weighted by Gasteiger charge is -2.33. The highest BCUT2D eigenvalue weighted by atomic mass is 16.5. The zero-order chi connectivity index (χ0) is 34.6. The van der Waals surface area contributed by atoms with Gasteiger partial charge in [0.1, 0.15) is 28.4 Å². The first-order valence-electron chi connectivity index (χ1n) is 18.0. The van der Waals surface area contributed by atoms with Gasteiger partial charge in [-0.25, -0.2) is 0 Å². The number of para-hydroxylation sites is 4. The fourth-order valence-electron chi connectivity index (χ4n) is 8.67. The molecule has 0 atom stereocenters. The van der Waals surface area contributed by atoms with Crippen LogP contribution in [0.3, 0.4) is 0 Å². The average Bonchev–Trinajstić information content (AvgIpc) is 3.77. The van der Waals surface area contributed by atoms with Gasteiger partial charge < -0.3 is 18.4 Å².